The van der Waals surface area contributed by atoms with E-state index < -0.39 is 28.8 Å². The molecule has 3 rings (SSSR count). The Labute approximate surface area is 154 Å². The molecule has 1 saturated carbocycles. The van der Waals surface area contributed by atoms with Gasteiger partial charge in [0, 0.05) is 25.2 Å². The van der Waals surface area contributed by atoms with Crippen LogP contribution in [-0.2, 0) is 18.6 Å². The van der Waals surface area contributed by atoms with Crippen molar-refractivity contribution >= 4 is 5.91 Å². The SMILES string of the molecule is Cn1cc(C(=O)NCC2(c3ccc(F)cc3)CCCCC2)c(C(F)(F)F)n1. The lowest BCUT2D eigenvalue weighted by Crippen LogP contribution is -2.42. The number of rotatable bonds is 4. The summed E-state index contributed by atoms with van der Waals surface area (Å²) in [4.78, 5) is 12.5. The van der Waals surface area contributed by atoms with Crippen LogP contribution in [0.4, 0.5) is 17.6 Å². The molecule has 0 saturated heterocycles. The minimum atomic E-state index is -4.70. The number of aromatic nitrogens is 2. The lowest BCUT2D eigenvalue weighted by molar-refractivity contribution is -0.141. The number of nitrogens with one attached hydrogen (secondary N) is 1. The van der Waals surface area contributed by atoms with Crippen LogP contribution in [0.2, 0.25) is 0 Å². The number of amides is 1. The summed E-state index contributed by atoms with van der Waals surface area (Å²) in [6.45, 7) is 0.198. The van der Waals surface area contributed by atoms with Crippen molar-refractivity contribution in [3.05, 3.63) is 53.1 Å². The molecule has 0 radical (unpaired) electrons. The Morgan fingerprint density at radius 1 is 1.19 bits per heavy atom. The van der Waals surface area contributed by atoms with Crippen LogP contribution in [-0.4, -0.2) is 22.2 Å². The highest BCUT2D eigenvalue weighted by molar-refractivity contribution is 5.95. The van der Waals surface area contributed by atoms with Crippen molar-refractivity contribution in [2.24, 2.45) is 7.05 Å². The van der Waals surface area contributed by atoms with Gasteiger partial charge in [0.15, 0.2) is 5.69 Å². The topological polar surface area (TPSA) is 46.9 Å². The first-order valence-electron chi connectivity index (χ1n) is 8.86. The number of benzene rings is 1. The number of carbonyl (C=O) groups excluding carboxylic acids is 1. The number of hydrogen-bond acceptors (Lipinski definition) is 2. The molecule has 146 valence electrons. The summed E-state index contributed by atoms with van der Waals surface area (Å²) in [6, 6.07) is 6.13. The van der Waals surface area contributed by atoms with E-state index in [1.54, 1.807) is 12.1 Å². The highest BCUT2D eigenvalue weighted by Gasteiger charge is 2.40. The predicted octanol–water partition coefficient (Wildman–Crippen LogP) is 4.21. The second kappa shape index (κ2) is 7.32. The lowest BCUT2D eigenvalue weighted by atomic mass is 9.69. The Morgan fingerprint density at radius 2 is 1.81 bits per heavy atom. The van der Waals surface area contributed by atoms with Crippen LogP contribution in [0.15, 0.2) is 30.5 Å². The summed E-state index contributed by atoms with van der Waals surface area (Å²) in [5.41, 5.74) is -1.19. The van der Waals surface area contributed by atoms with Crippen molar-refractivity contribution in [1.82, 2.24) is 15.1 Å². The predicted molar refractivity (Wildman–Crippen MR) is 91.7 cm³/mol. The maximum Gasteiger partial charge on any atom is 0.435 e. The first-order valence-corrected chi connectivity index (χ1v) is 8.86. The van der Waals surface area contributed by atoms with Gasteiger partial charge in [-0.2, -0.15) is 18.3 Å². The molecule has 0 atom stereocenters. The van der Waals surface area contributed by atoms with E-state index in [2.05, 4.69) is 10.4 Å². The molecule has 1 fully saturated rings. The monoisotopic (exact) mass is 383 g/mol. The third kappa shape index (κ3) is 4.14. The van der Waals surface area contributed by atoms with Crippen molar-refractivity contribution in [2.75, 3.05) is 6.54 Å². The Bertz CT molecular complexity index is 805. The van der Waals surface area contributed by atoms with E-state index >= 15 is 0 Å². The average Bonchev–Trinajstić information content (AvgIpc) is 3.03. The Balaban J connectivity index is 1.82. The second-order valence-electron chi connectivity index (χ2n) is 7.09. The highest BCUT2D eigenvalue weighted by Crippen LogP contribution is 2.39. The first-order chi connectivity index (χ1) is 12.7. The van der Waals surface area contributed by atoms with Crippen molar-refractivity contribution in [3.63, 3.8) is 0 Å². The average molecular weight is 383 g/mol. The molecule has 0 bridgehead atoms. The van der Waals surface area contributed by atoms with E-state index in [0.717, 1.165) is 48.5 Å². The zero-order chi connectivity index (χ0) is 19.7. The molecular formula is C19H21F4N3O. The van der Waals surface area contributed by atoms with Crippen LogP contribution in [0.3, 0.4) is 0 Å². The molecule has 1 aromatic carbocycles. The van der Waals surface area contributed by atoms with Gasteiger partial charge in [-0.05, 0) is 30.5 Å². The molecule has 1 aliphatic carbocycles. The van der Waals surface area contributed by atoms with E-state index in [9.17, 15) is 22.4 Å². The molecule has 1 heterocycles. The third-order valence-corrected chi connectivity index (χ3v) is 5.20. The smallest absolute Gasteiger partial charge is 0.351 e. The Morgan fingerprint density at radius 3 is 2.41 bits per heavy atom. The van der Waals surface area contributed by atoms with E-state index in [4.69, 9.17) is 0 Å². The summed E-state index contributed by atoms with van der Waals surface area (Å²) in [5, 5.41) is 6.03. The summed E-state index contributed by atoms with van der Waals surface area (Å²) < 4.78 is 53.6. The van der Waals surface area contributed by atoms with Gasteiger partial charge in [-0.1, -0.05) is 31.4 Å². The number of aryl methyl sites for hydroxylation is 1. The minimum absolute atomic E-state index is 0.198. The van der Waals surface area contributed by atoms with E-state index in [1.807, 2.05) is 0 Å². The van der Waals surface area contributed by atoms with Crippen molar-refractivity contribution in [3.8, 4) is 0 Å². The fourth-order valence-electron chi connectivity index (χ4n) is 3.81. The fourth-order valence-corrected chi connectivity index (χ4v) is 3.81. The van der Waals surface area contributed by atoms with Gasteiger partial charge >= 0.3 is 6.18 Å². The number of carbonyl (C=O) groups is 1. The summed E-state index contributed by atoms with van der Waals surface area (Å²) in [6.07, 6.45) is 0.923. The van der Waals surface area contributed by atoms with Gasteiger partial charge in [-0.15, -0.1) is 0 Å². The number of halogens is 4. The Hall–Kier alpha value is -2.38. The molecule has 0 spiro atoms. The standard InChI is InChI=1S/C19H21F4N3O/c1-26-11-15(16(25-26)19(21,22)23)17(27)24-12-18(9-3-2-4-10-18)13-5-7-14(20)8-6-13/h5-8,11H,2-4,9-10,12H2,1H3,(H,24,27). The van der Waals surface area contributed by atoms with Gasteiger partial charge in [0.25, 0.3) is 5.91 Å². The van der Waals surface area contributed by atoms with Crippen molar-refractivity contribution < 1.29 is 22.4 Å². The molecule has 8 heteroatoms. The van der Waals surface area contributed by atoms with E-state index in [1.165, 1.54) is 19.2 Å². The van der Waals surface area contributed by atoms with Gasteiger partial charge in [0.05, 0.1) is 5.56 Å². The maximum atomic E-state index is 13.3. The zero-order valence-corrected chi connectivity index (χ0v) is 14.9. The van der Waals surface area contributed by atoms with Crippen LogP contribution < -0.4 is 5.32 Å². The van der Waals surface area contributed by atoms with Gasteiger partial charge < -0.3 is 5.32 Å². The zero-order valence-electron chi connectivity index (χ0n) is 14.9. The Kier molecular flexibility index (Phi) is 5.26. The van der Waals surface area contributed by atoms with Crippen LogP contribution in [0, 0.1) is 5.82 Å². The maximum absolute atomic E-state index is 13.3. The van der Waals surface area contributed by atoms with Crippen molar-refractivity contribution in [2.45, 2.75) is 43.7 Å². The molecule has 1 aliphatic rings. The van der Waals surface area contributed by atoms with Crippen LogP contribution in [0.1, 0.15) is 53.7 Å². The largest absolute Gasteiger partial charge is 0.435 e. The second-order valence-corrected chi connectivity index (χ2v) is 7.09. The number of hydrogen-bond donors (Lipinski definition) is 1. The molecule has 27 heavy (non-hydrogen) atoms. The summed E-state index contributed by atoms with van der Waals surface area (Å²) in [7, 11) is 1.34. The number of alkyl halides is 3. The molecule has 2 aromatic rings. The van der Waals surface area contributed by atoms with Gasteiger partial charge in [-0.25, -0.2) is 4.39 Å². The third-order valence-electron chi connectivity index (χ3n) is 5.20. The van der Waals surface area contributed by atoms with Crippen LogP contribution in [0.5, 0.6) is 0 Å². The normalized spacial score (nSPS) is 16.9. The molecule has 1 aromatic heterocycles. The first kappa shape index (κ1) is 19.4. The van der Waals surface area contributed by atoms with E-state index in [-0.39, 0.29) is 12.4 Å². The highest BCUT2D eigenvalue weighted by atomic mass is 19.4. The molecule has 0 aliphatic heterocycles. The lowest BCUT2D eigenvalue weighted by Gasteiger charge is -2.38. The summed E-state index contributed by atoms with van der Waals surface area (Å²) >= 11 is 0. The summed E-state index contributed by atoms with van der Waals surface area (Å²) in [5.74, 6) is -1.15. The van der Waals surface area contributed by atoms with E-state index in [0.29, 0.717) is 0 Å². The fraction of sp³-hybridized carbons (Fsp3) is 0.474. The van der Waals surface area contributed by atoms with Gasteiger partial charge in [-0.3, -0.25) is 9.48 Å². The van der Waals surface area contributed by atoms with Gasteiger partial charge in [0.2, 0.25) is 0 Å². The molecule has 4 nitrogen and oxygen atoms in total. The van der Waals surface area contributed by atoms with Gasteiger partial charge in [0.1, 0.15) is 5.82 Å². The van der Waals surface area contributed by atoms with Crippen LogP contribution in [0.25, 0.3) is 0 Å². The molecular weight excluding hydrogens is 362 g/mol. The van der Waals surface area contributed by atoms with Crippen LogP contribution >= 0.6 is 0 Å². The number of nitrogens with zero attached hydrogens (tertiary/aromatic N) is 2. The minimum Gasteiger partial charge on any atom is -0.351 e. The molecule has 1 amide bonds. The quantitative estimate of drug-likeness (QED) is 0.804. The molecule has 1 N–H and O–H groups in total. The van der Waals surface area contributed by atoms with Crippen molar-refractivity contribution in [1.29, 1.82) is 0 Å². The molecule has 0 unspecified atom stereocenters.